The molecule has 0 aromatic heterocycles. The minimum atomic E-state index is -0.602. The van der Waals surface area contributed by atoms with Crippen molar-refractivity contribution in [2.75, 3.05) is 32.2 Å². The predicted molar refractivity (Wildman–Crippen MR) is 165 cm³/mol. The minimum absolute atomic E-state index is 0.00884. The van der Waals surface area contributed by atoms with E-state index in [0.717, 1.165) is 27.9 Å². The van der Waals surface area contributed by atoms with Crippen LogP contribution in [0.3, 0.4) is 0 Å². The number of nitrogens with one attached hydrogen (secondary N) is 2. The van der Waals surface area contributed by atoms with Gasteiger partial charge in [-0.15, -0.1) is 0 Å². The number of hydrogen-bond acceptors (Lipinski definition) is 6. The Labute approximate surface area is 247 Å². The molecule has 0 aliphatic heterocycles. The lowest BCUT2D eigenvalue weighted by atomic mass is 10.1. The molecule has 0 atom stereocenters. The number of benzene rings is 3. The van der Waals surface area contributed by atoms with Crippen molar-refractivity contribution in [2.24, 2.45) is 5.10 Å². The molecule has 204 valence electrons. The number of carbonyl (C=O) groups is 2. The van der Waals surface area contributed by atoms with Gasteiger partial charge in [0.1, 0.15) is 5.70 Å². The summed E-state index contributed by atoms with van der Waals surface area (Å²) in [5.74, 6) is 0.0339. The molecule has 10 heteroatoms. The van der Waals surface area contributed by atoms with Crippen molar-refractivity contribution >= 4 is 64.0 Å². The highest BCUT2D eigenvalue weighted by Gasteiger charge is 2.17. The van der Waals surface area contributed by atoms with E-state index in [0.29, 0.717) is 17.1 Å². The van der Waals surface area contributed by atoms with Crippen molar-refractivity contribution in [1.29, 1.82) is 0 Å². The number of hydrazone groups is 1. The van der Waals surface area contributed by atoms with E-state index in [9.17, 15) is 9.59 Å². The Morgan fingerprint density at radius 2 is 1.69 bits per heavy atom. The minimum Gasteiger partial charge on any atom is -0.493 e. The first kappa shape index (κ1) is 30.0. The molecule has 0 fully saturated rings. The average Bonchev–Trinajstić information content (AvgIpc) is 2.94. The van der Waals surface area contributed by atoms with Crippen LogP contribution in [-0.2, 0) is 4.79 Å². The fourth-order valence-corrected chi connectivity index (χ4v) is 4.84. The van der Waals surface area contributed by atoms with Crippen LogP contribution in [0.4, 0.5) is 5.69 Å². The summed E-state index contributed by atoms with van der Waals surface area (Å²) in [4.78, 5) is 28.3. The monoisotopic (exact) mass is 660 g/mol. The second-order valence-corrected chi connectivity index (χ2v) is 9.76. The summed E-state index contributed by atoms with van der Waals surface area (Å²) in [6.07, 6.45) is 3.07. The van der Waals surface area contributed by atoms with Crippen LogP contribution < -0.4 is 25.1 Å². The number of nitrogens with zero attached hydrogens (tertiary/aromatic N) is 2. The molecule has 0 aliphatic carbocycles. The van der Waals surface area contributed by atoms with Crippen LogP contribution in [0.1, 0.15) is 35.3 Å². The Morgan fingerprint density at radius 1 is 1.00 bits per heavy atom. The number of anilines is 1. The number of methoxy groups -OCH3 is 2. The smallest absolute Gasteiger partial charge is 0.287 e. The summed E-state index contributed by atoms with van der Waals surface area (Å²) < 4.78 is 11.6. The second-order valence-electron chi connectivity index (χ2n) is 8.19. The maximum Gasteiger partial charge on any atom is 0.287 e. The van der Waals surface area contributed by atoms with Gasteiger partial charge in [-0.3, -0.25) is 9.59 Å². The Morgan fingerprint density at radius 3 is 2.31 bits per heavy atom. The van der Waals surface area contributed by atoms with Crippen LogP contribution in [0.2, 0.25) is 5.02 Å². The van der Waals surface area contributed by atoms with Gasteiger partial charge in [-0.25, -0.2) is 5.43 Å². The van der Waals surface area contributed by atoms with E-state index in [1.165, 1.54) is 6.21 Å². The largest absolute Gasteiger partial charge is 0.493 e. The third-order valence-electron chi connectivity index (χ3n) is 5.78. The summed E-state index contributed by atoms with van der Waals surface area (Å²) in [6.45, 7) is 5.94. The highest BCUT2D eigenvalue weighted by molar-refractivity contribution is 14.1. The van der Waals surface area contributed by atoms with Gasteiger partial charge >= 0.3 is 0 Å². The van der Waals surface area contributed by atoms with Crippen LogP contribution in [0.15, 0.2) is 71.5 Å². The molecule has 0 bridgehead atoms. The maximum absolute atomic E-state index is 13.2. The average molecular weight is 661 g/mol. The van der Waals surface area contributed by atoms with Gasteiger partial charge in [-0.1, -0.05) is 35.9 Å². The van der Waals surface area contributed by atoms with Crippen molar-refractivity contribution < 1.29 is 19.1 Å². The maximum atomic E-state index is 13.2. The Balaban J connectivity index is 1.87. The summed E-state index contributed by atoms with van der Waals surface area (Å²) in [6, 6.07) is 17.9. The topological polar surface area (TPSA) is 92.3 Å². The standard InChI is InChI=1S/C29H30ClIN4O4/c1-5-35(6-2)21-13-11-19(12-14-21)16-25(33-28(36)22-9-7-8-10-23(22)30)29(37)34-32-18-20-15-24(31)27(39-4)26(17-20)38-3/h7-18H,5-6H2,1-4H3,(H,33,36)(H,34,37). The van der Waals surface area contributed by atoms with Gasteiger partial charge in [-0.05, 0) is 90.0 Å². The van der Waals surface area contributed by atoms with E-state index in [1.54, 1.807) is 50.6 Å². The zero-order chi connectivity index (χ0) is 28.4. The van der Waals surface area contributed by atoms with E-state index in [4.69, 9.17) is 21.1 Å². The third-order valence-corrected chi connectivity index (χ3v) is 6.91. The molecule has 2 N–H and O–H groups in total. The first-order chi connectivity index (χ1) is 18.8. The van der Waals surface area contributed by atoms with Crippen molar-refractivity contribution in [3.63, 3.8) is 0 Å². The van der Waals surface area contributed by atoms with E-state index in [-0.39, 0.29) is 16.3 Å². The quantitative estimate of drug-likeness (QED) is 0.119. The van der Waals surface area contributed by atoms with E-state index < -0.39 is 11.8 Å². The lowest BCUT2D eigenvalue weighted by Gasteiger charge is -2.21. The van der Waals surface area contributed by atoms with Gasteiger partial charge in [-0.2, -0.15) is 5.10 Å². The van der Waals surface area contributed by atoms with E-state index in [1.807, 2.05) is 30.3 Å². The van der Waals surface area contributed by atoms with Gasteiger partial charge < -0.3 is 19.7 Å². The first-order valence-electron chi connectivity index (χ1n) is 12.2. The summed E-state index contributed by atoms with van der Waals surface area (Å²) >= 11 is 8.33. The van der Waals surface area contributed by atoms with Crippen molar-refractivity contribution in [3.05, 3.63) is 91.6 Å². The lowest BCUT2D eigenvalue weighted by molar-refractivity contribution is -0.117. The fourth-order valence-electron chi connectivity index (χ4n) is 3.77. The number of hydrogen-bond donors (Lipinski definition) is 2. The molecule has 0 radical (unpaired) electrons. The molecular weight excluding hydrogens is 631 g/mol. The SMILES string of the molecule is CCN(CC)c1ccc(C=C(NC(=O)c2ccccc2Cl)C(=O)NN=Cc2cc(I)c(OC)c(OC)c2)cc1. The molecule has 3 rings (SSSR count). The number of rotatable bonds is 11. The molecule has 0 unspecified atom stereocenters. The van der Waals surface area contributed by atoms with Crippen molar-refractivity contribution in [1.82, 2.24) is 10.7 Å². The van der Waals surface area contributed by atoms with Gasteiger partial charge in [0.15, 0.2) is 11.5 Å². The molecule has 2 amide bonds. The molecule has 0 aliphatic rings. The predicted octanol–water partition coefficient (Wildman–Crippen LogP) is 5.73. The number of carbonyl (C=O) groups excluding carboxylic acids is 2. The second kappa shape index (κ2) is 14.5. The van der Waals surface area contributed by atoms with Crippen LogP contribution in [0.5, 0.6) is 11.5 Å². The number of amides is 2. The highest BCUT2D eigenvalue weighted by Crippen LogP contribution is 2.33. The van der Waals surface area contributed by atoms with Crippen LogP contribution in [0.25, 0.3) is 6.08 Å². The fraction of sp³-hybridized carbons (Fsp3) is 0.207. The molecule has 8 nitrogen and oxygen atoms in total. The zero-order valence-electron chi connectivity index (χ0n) is 22.1. The summed E-state index contributed by atoms with van der Waals surface area (Å²) in [7, 11) is 3.11. The van der Waals surface area contributed by atoms with Crippen molar-refractivity contribution in [3.8, 4) is 11.5 Å². The molecule has 0 heterocycles. The van der Waals surface area contributed by atoms with Gasteiger partial charge in [0.2, 0.25) is 0 Å². The van der Waals surface area contributed by atoms with Crippen LogP contribution in [0, 0.1) is 3.57 Å². The zero-order valence-corrected chi connectivity index (χ0v) is 25.0. The summed E-state index contributed by atoms with van der Waals surface area (Å²) in [5.41, 5.74) is 5.23. The van der Waals surface area contributed by atoms with E-state index >= 15 is 0 Å². The van der Waals surface area contributed by atoms with Gasteiger partial charge in [0, 0.05) is 18.8 Å². The van der Waals surface area contributed by atoms with Gasteiger partial charge in [0.25, 0.3) is 11.8 Å². The van der Waals surface area contributed by atoms with Crippen LogP contribution in [-0.4, -0.2) is 45.3 Å². The molecule has 0 spiro atoms. The van der Waals surface area contributed by atoms with E-state index in [2.05, 4.69) is 57.2 Å². The summed E-state index contributed by atoms with van der Waals surface area (Å²) in [5, 5.41) is 7.04. The Hall–Kier alpha value is -3.57. The molecular formula is C29H30ClIN4O4. The Bertz CT molecular complexity index is 1370. The Kier molecular flexibility index (Phi) is 11.2. The van der Waals surface area contributed by atoms with Crippen molar-refractivity contribution in [2.45, 2.75) is 13.8 Å². The highest BCUT2D eigenvalue weighted by atomic mass is 127. The molecule has 0 saturated carbocycles. The number of halogens is 2. The first-order valence-corrected chi connectivity index (χ1v) is 13.6. The normalized spacial score (nSPS) is 11.3. The van der Waals surface area contributed by atoms with Gasteiger partial charge in [0.05, 0.1) is 34.6 Å². The molecule has 3 aromatic rings. The number of ether oxygens (including phenoxy) is 2. The molecule has 3 aromatic carbocycles. The molecule has 39 heavy (non-hydrogen) atoms. The third kappa shape index (κ3) is 7.96. The lowest BCUT2D eigenvalue weighted by Crippen LogP contribution is -2.33. The van der Waals surface area contributed by atoms with Crippen LogP contribution >= 0.6 is 34.2 Å². The molecule has 0 saturated heterocycles.